The van der Waals surface area contributed by atoms with Crippen LogP contribution in [0.25, 0.3) is 0 Å². The van der Waals surface area contributed by atoms with E-state index in [4.69, 9.17) is 14.2 Å². The van der Waals surface area contributed by atoms with Gasteiger partial charge < -0.3 is 33.9 Å². The van der Waals surface area contributed by atoms with Crippen molar-refractivity contribution in [2.45, 2.75) is 45.6 Å². The summed E-state index contributed by atoms with van der Waals surface area (Å²) in [5.74, 6) is 1.16. The standard InChI is InChI=1S/C31H37N5O6/c1-21(2)18-40-25-12-23-13-26(14-25)42-24-6-4-5-22(11-24)19-41-28-15-36(30(38)17-35-10-8-32-20-35)9-7-27(28)33-29(37)16-34(3)31(23)39/h4-6,8,10-14,20-21,27-28H,7,9,15-19H2,1-3H3,(H,33,37)/t27-,28-/m0/s1. The first-order valence-corrected chi connectivity index (χ1v) is 14.2. The maximum Gasteiger partial charge on any atom is 0.254 e. The number of hydrogen-bond donors (Lipinski definition) is 1. The van der Waals surface area contributed by atoms with Crippen molar-refractivity contribution in [2.24, 2.45) is 5.92 Å². The lowest BCUT2D eigenvalue weighted by atomic mass is 10.0. The minimum absolute atomic E-state index is 0.0490. The van der Waals surface area contributed by atoms with Gasteiger partial charge in [-0.2, -0.15) is 0 Å². The summed E-state index contributed by atoms with van der Waals surface area (Å²) >= 11 is 0. The Morgan fingerprint density at radius 1 is 1.17 bits per heavy atom. The van der Waals surface area contributed by atoms with E-state index in [-0.39, 0.29) is 43.5 Å². The van der Waals surface area contributed by atoms with Crippen molar-refractivity contribution in [3.05, 3.63) is 72.3 Å². The van der Waals surface area contributed by atoms with Crippen molar-refractivity contribution in [3.8, 4) is 17.2 Å². The maximum atomic E-state index is 13.4. The highest BCUT2D eigenvalue weighted by molar-refractivity contribution is 5.97. The number of piperidine rings is 1. The molecule has 3 aromatic rings. The molecule has 0 saturated carbocycles. The number of fused-ring (bicyclic) bond motifs is 5. The Morgan fingerprint density at radius 2 is 2.02 bits per heavy atom. The Kier molecular flexibility index (Phi) is 9.06. The number of nitrogens with zero attached hydrogens (tertiary/aromatic N) is 4. The zero-order valence-electron chi connectivity index (χ0n) is 24.2. The van der Waals surface area contributed by atoms with Gasteiger partial charge in [0, 0.05) is 44.2 Å². The lowest BCUT2D eigenvalue weighted by Gasteiger charge is -2.39. The van der Waals surface area contributed by atoms with Crippen LogP contribution in [0.15, 0.2) is 61.2 Å². The van der Waals surface area contributed by atoms with Gasteiger partial charge in [0.1, 0.15) is 23.8 Å². The predicted molar refractivity (Wildman–Crippen MR) is 154 cm³/mol. The fourth-order valence-electron chi connectivity index (χ4n) is 5.01. The number of nitrogens with one attached hydrogen (secondary N) is 1. The number of likely N-dealkylation sites (tertiary alicyclic amines) is 1. The molecule has 1 fully saturated rings. The highest BCUT2D eigenvalue weighted by Gasteiger charge is 2.34. The van der Waals surface area contributed by atoms with E-state index in [0.717, 1.165) is 5.56 Å². The number of benzene rings is 2. The third-order valence-electron chi connectivity index (χ3n) is 7.17. The van der Waals surface area contributed by atoms with Crippen LogP contribution in [0.4, 0.5) is 0 Å². The molecule has 0 spiro atoms. The van der Waals surface area contributed by atoms with E-state index in [9.17, 15) is 14.4 Å². The maximum absolute atomic E-state index is 13.4. The summed E-state index contributed by atoms with van der Waals surface area (Å²) in [4.78, 5) is 46.7. The smallest absolute Gasteiger partial charge is 0.254 e. The van der Waals surface area contributed by atoms with Gasteiger partial charge in [0.15, 0.2) is 0 Å². The van der Waals surface area contributed by atoms with E-state index in [1.165, 1.54) is 4.90 Å². The second kappa shape index (κ2) is 13.1. The summed E-state index contributed by atoms with van der Waals surface area (Å²) in [5.41, 5.74) is 1.23. The molecule has 11 nitrogen and oxygen atoms in total. The van der Waals surface area contributed by atoms with E-state index >= 15 is 0 Å². The monoisotopic (exact) mass is 575 g/mol. The van der Waals surface area contributed by atoms with Crippen LogP contribution in [0.1, 0.15) is 36.2 Å². The average Bonchev–Trinajstić information content (AvgIpc) is 3.47. The molecule has 2 atom stereocenters. The molecule has 0 radical (unpaired) electrons. The summed E-state index contributed by atoms with van der Waals surface area (Å²) in [6, 6.07) is 12.3. The number of rotatable bonds is 5. The number of carbonyl (C=O) groups excluding carboxylic acids is 3. The molecule has 3 amide bonds. The van der Waals surface area contributed by atoms with Crippen LogP contribution in [0.2, 0.25) is 0 Å². The van der Waals surface area contributed by atoms with Gasteiger partial charge in [0.25, 0.3) is 5.91 Å². The van der Waals surface area contributed by atoms with Crippen LogP contribution >= 0.6 is 0 Å². The van der Waals surface area contributed by atoms with Gasteiger partial charge in [0.2, 0.25) is 11.8 Å². The van der Waals surface area contributed by atoms with Crippen LogP contribution in [0.5, 0.6) is 17.2 Å². The Labute approximate surface area is 245 Å². The number of hydrogen-bond acceptors (Lipinski definition) is 7. The highest BCUT2D eigenvalue weighted by atomic mass is 16.5. The fraction of sp³-hybridized carbons (Fsp3) is 0.419. The van der Waals surface area contributed by atoms with Crippen molar-refractivity contribution in [1.82, 2.24) is 24.7 Å². The number of imidazole rings is 1. The molecule has 42 heavy (non-hydrogen) atoms. The molecule has 1 N–H and O–H groups in total. The molecule has 2 aliphatic heterocycles. The Balaban J connectivity index is 1.39. The van der Waals surface area contributed by atoms with E-state index in [1.807, 2.05) is 38.1 Å². The summed E-state index contributed by atoms with van der Waals surface area (Å²) in [6.45, 7) is 5.68. The second-order valence-corrected chi connectivity index (χ2v) is 11.2. The summed E-state index contributed by atoms with van der Waals surface area (Å²) in [5, 5.41) is 3.05. The van der Waals surface area contributed by atoms with E-state index < -0.39 is 6.10 Å². The van der Waals surface area contributed by atoms with E-state index in [2.05, 4.69) is 10.3 Å². The molecule has 4 bridgehead atoms. The number of ether oxygens (including phenoxy) is 3. The van der Waals surface area contributed by atoms with Gasteiger partial charge in [-0.15, -0.1) is 0 Å². The van der Waals surface area contributed by atoms with Crippen molar-refractivity contribution in [1.29, 1.82) is 0 Å². The first-order chi connectivity index (χ1) is 20.2. The Bertz CT molecular complexity index is 1410. The summed E-state index contributed by atoms with van der Waals surface area (Å²) in [7, 11) is 1.59. The minimum Gasteiger partial charge on any atom is -0.493 e. The second-order valence-electron chi connectivity index (χ2n) is 11.2. The molecule has 5 rings (SSSR count). The van der Waals surface area contributed by atoms with Crippen molar-refractivity contribution < 1.29 is 28.6 Å². The van der Waals surface area contributed by atoms with Gasteiger partial charge in [-0.1, -0.05) is 26.0 Å². The normalized spacial score (nSPS) is 19.6. The van der Waals surface area contributed by atoms with Crippen LogP contribution in [0, 0.1) is 5.92 Å². The quantitative estimate of drug-likeness (QED) is 0.497. The lowest BCUT2D eigenvalue weighted by molar-refractivity contribution is -0.138. The largest absolute Gasteiger partial charge is 0.493 e. The first-order valence-electron chi connectivity index (χ1n) is 14.2. The Morgan fingerprint density at radius 3 is 2.81 bits per heavy atom. The van der Waals surface area contributed by atoms with Crippen LogP contribution in [-0.4, -0.2) is 82.5 Å². The fourth-order valence-corrected chi connectivity index (χ4v) is 5.01. The third kappa shape index (κ3) is 7.47. The molecule has 2 aliphatic rings. The predicted octanol–water partition coefficient (Wildman–Crippen LogP) is 3.10. The van der Waals surface area contributed by atoms with E-state index in [0.29, 0.717) is 54.8 Å². The zero-order chi connectivity index (χ0) is 29.6. The van der Waals surface area contributed by atoms with Crippen molar-refractivity contribution in [3.63, 3.8) is 0 Å². The van der Waals surface area contributed by atoms with Crippen molar-refractivity contribution in [2.75, 3.05) is 33.3 Å². The van der Waals surface area contributed by atoms with E-state index in [1.54, 1.807) is 53.4 Å². The molecule has 222 valence electrons. The minimum atomic E-state index is -0.443. The van der Waals surface area contributed by atoms with Gasteiger partial charge in [-0.25, -0.2) is 4.98 Å². The first kappa shape index (κ1) is 29.1. The van der Waals surface area contributed by atoms with Crippen molar-refractivity contribution >= 4 is 17.7 Å². The third-order valence-corrected chi connectivity index (χ3v) is 7.17. The van der Waals surface area contributed by atoms with Gasteiger partial charge in [-0.3, -0.25) is 14.4 Å². The molecular weight excluding hydrogens is 538 g/mol. The Hall–Kier alpha value is -4.38. The molecule has 3 heterocycles. The average molecular weight is 576 g/mol. The zero-order valence-corrected chi connectivity index (χ0v) is 24.2. The number of likely N-dealkylation sites (N-methyl/N-ethyl adjacent to an activating group) is 1. The number of carbonyl (C=O) groups is 3. The molecular formula is C31H37N5O6. The summed E-state index contributed by atoms with van der Waals surface area (Å²) in [6.07, 6.45) is 5.06. The summed E-state index contributed by atoms with van der Waals surface area (Å²) < 4.78 is 20.1. The molecule has 0 aliphatic carbocycles. The molecule has 0 unspecified atom stereocenters. The molecule has 1 saturated heterocycles. The van der Waals surface area contributed by atoms with Gasteiger partial charge in [-0.05, 0) is 42.2 Å². The molecule has 1 aromatic heterocycles. The topological polar surface area (TPSA) is 115 Å². The lowest BCUT2D eigenvalue weighted by Crippen LogP contribution is -2.57. The molecule has 11 heteroatoms. The van der Waals surface area contributed by atoms with Crippen LogP contribution in [-0.2, 0) is 27.5 Å². The highest BCUT2D eigenvalue weighted by Crippen LogP contribution is 2.29. The number of amides is 3. The van der Waals surface area contributed by atoms with Crippen LogP contribution in [0.3, 0.4) is 0 Å². The molecule has 2 aromatic carbocycles. The SMILES string of the molecule is CC(C)COc1cc2cc(c1)C(=O)N(C)CC(=O)N[C@H]1CCN(C(=O)Cn3ccnc3)C[C@@H]1OCc1cccc(c1)O2. The number of aromatic nitrogens is 2. The van der Waals surface area contributed by atoms with Gasteiger partial charge >= 0.3 is 0 Å². The van der Waals surface area contributed by atoms with Crippen LogP contribution < -0.4 is 14.8 Å². The van der Waals surface area contributed by atoms with Gasteiger partial charge in [0.05, 0.1) is 38.2 Å².